The van der Waals surface area contributed by atoms with Crippen molar-refractivity contribution >= 4 is 17.2 Å². The van der Waals surface area contributed by atoms with Crippen molar-refractivity contribution in [2.45, 2.75) is 52.1 Å². The Morgan fingerprint density at radius 2 is 2.14 bits per heavy atom. The monoisotopic (exact) mass is 214 g/mol. The Labute approximate surface area is 92.8 Å². The van der Waals surface area contributed by atoms with Crippen LogP contribution in [0.5, 0.6) is 0 Å². The molecule has 0 aromatic carbocycles. The lowest BCUT2D eigenvalue weighted by molar-refractivity contribution is 0.0877. The van der Waals surface area contributed by atoms with E-state index < -0.39 is 0 Å². The number of likely N-dealkylation sites (tertiary alicyclic amines) is 1. The predicted molar refractivity (Wildman–Crippen MR) is 65.4 cm³/mol. The molecule has 0 spiro atoms. The van der Waals surface area contributed by atoms with Crippen LogP contribution in [-0.2, 0) is 0 Å². The minimum atomic E-state index is 0.505. The predicted octanol–water partition coefficient (Wildman–Crippen LogP) is 2.17. The second-order valence-corrected chi connectivity index (χ2v) is 5.27. The van der Waals surface area contributed by atoms with Crippen LogP contribution >= 0.6 is 12.2 Å². The van der Waals surface area contributed by atoms with E-state index in [0.29, 0.717) is 17.1 Å². The summed E-state index contributed by atoms with van der Waals surface area (Å²) in [5.74, 6) is 0.819. The Balaban J connectivity index is 2.51. The van der Waals surface area contributed by atoms with E-state index in [-0.39, 0.29) is 0 Å². The molecule has 1 aliphatic heterocycles. The fourth-order valence-electron chi connectivity index (χ4n) is 2.35. The van der Waals surface area contributed by atoms with Crippen LogP contribution < -0.4 is 5.73 Å². The Morgan fingerprint density at radius 3 is 2.71 bits per heavy atom. The Morgan fingerprint density at radius 1 is 1.50 bits per heavy atom. The molecule has 1 fully saturated rings. The number of piperidine rings is 1. The summed E-state index contributed by atoms with van der Waals surface area (Å²) in [4.78, 5) is 3.19. The van der Waals surface area contributed by atoms with Crippen molar-refractivity contribution in [3.05, 3.63) is 0 Å². The van der Waals surface area contributed by atoms with Crippen molar-refractivity contribution in [3.63, 3.8) is 0 Å². The molecule has 0 bridgehead atoms. The third kappa shape index (κ3) is 3.21. The molecule has 0 aromatic rings. The molecule has 1 aliphatic rings. The molecule has 82 valence electrons. The first-order chi connectivity index (χ1) is 6.50. The van der Waals surface area contributed by atoms with E-state index in [9.17, 15) is 0 Å². The first kappa shape index (κ1) is 11.9. The van der Waals surface area contributed by atoms with Crippen LogP contribution in [-0.4, -0.2) is 28.5 Å². The molecule has 0 radical (unpaired) electrons. The molecule has 0 saturated carbocycles. The Bertz CT molecular complexity index is 205. The highest BCUT2D eigenvalue weighted by Gasteiger charge is 2.26. The van der Waals surface area contributed by atoms with Gasteiger partial charge in [-0.3, -0.25) is 4.90 Å². The molecule has 1 heterocycles. The van der Waals surface area contributed by atoms with Crippen LogP contribution in [0.15, 0.2) is 0 Å². The van der Waals surface area contributed by atoms with Crippen LogP contribution in [0.25, 0.3) is 0 Å². The maximum atomic E-state index is 5.58. The third-order valence-corrected chi connectivity index (χ3v) is 3.40. The molecule has 0 amide bonds. The Hall–Kier alpha value is -0.150. The molecule has 1 saturated heterocycles. The van der Waals surface area contributed by atoms with Gasteiger partial charge in [0.1, 0.15) is 0 Å². The van der Waals surface area contributed by atoms with Crippen molar-refractivity contribution in [2.24, 2.45) is 11.7 Å². The van der Waals surface area contributed by atoms with E-state index in [1.54, 1.807) is 0 Å². The highest BCUT2D eigenvalue weighted by atomic mass is 32.1. The van der Waals surface area contributed by atoms with Gasteiger partial charge < -0.3 is 5.73 Å². The van der Waals surface area contributed by atoms with Crippen molar-refractivity contribution in [3.8, 4) is 0 Å². The third-order valence-electron chi connectivity index (χ3n) is 3.23. The molecule has 3 unspecified atom stereocenters. The summed E-state index contributed by atoms with van der Waals surface area (Å²) < 4.78 is 0. The number of hydrogen-bond acceptors (Lipinski definition) is 2. The van der Waals surface area contributed by atoms with Gasteiger partial charge >= 0.3 is 0 Å². The first-order valence-electron chi connectivity index (χ1n) is 5.54. The van der Waals surface area contributed by atoms with Gasteiger partial charge in [-0.2, -0.15) is 0 Å². The van der Waals surface area contributed by atoms with Gasteiger partial charge in [0, 0.05) is 25.0 Å². The zero-order valence-corrected chi connectivity index (χ0v) is 10.3. The van der Waals surface area contributed by atoms with Crippen LogP contribution in [0.2, 0.25) is 0 Å². The van der Waals surface area contributed by atoms with Crippen LogP contribution in [0, 0.1) is 5.92 Å². The normalized spacial score (nSPS) is 31.4. The SMILES string of the molecule is CC1CCC(C)N(C(C)CC(N)=S)C1. The summed E-state index contributed by atoms with van der Waals surface area (Å²) in [5.41, 5.74) is 5.58. The fourth-order valence-corrected chi connectivity index (χ4v) is 2.59. The van der Waals surface area contributed by atoms with Gasteiger partial charge in [0.2, 0.25) is 0 Å². The van der Waals surface area contributed by atoms with E-state index in [4.69, 9.17) is 18.0 Å². The van der Waals surface area contributed by atoms with E-state index in [2.05, 4.69) is 25.7 Å². The Kier molecular flexibility index (Phi) is 4.32. The largest absolute Gasteiger partial charge is 0.393 e. The minimum absolute atomic E-state index is 0.505. The van der Waals surface area contributed by atoms with Gasteiger partial charge in [0.25, 0.3) is 0 Å². The molecule has 2 N–H and O–H groups in total. The summed E-state index contributed by atoms with van der Waals surface area (Å²) in [6, 6.07) is 1.20. The van der Waals surface area contributed by atoms with E-state index >= 15 is 0 Å². The summed E-state index contributed by atoms with van der Waals surface area (Å²) in [6.07, 6.45) is 3.52. The molecule has 0 aromatic heterocycles. The number of nitrogens with two attached hydrogens (primary N) is 1. The summed E-state index contributed by atoms with van der Waals surface area (Å²) in [6.45, 7) is 8.06. The fraction of sp³-hybridized carbons (Fsp3) is 0.909. The van der Waals surface area contributed by atoms with Crippen LogP contribution in [0.1, 0.15) is 40.0 Å². The van der Waals surface area contributed by atoms with Crippen molar-refractivity contribution in [1.29, 1.82) is 0 Å². The summed E-state index contributed by atoms with van der Waals surface area (Å²) in [7, 11) is 0. The highest BCUT2D eigenvalue weighted by Crippen LogP contribution is 2.24. The zero-order chi connectivity index (χ0) is 10.7. The van der Waals surface area contributed by atoms with Gasteiger partial charge in [0.05, 0.1) is 4.99 Å². The lowest BCUT2D eigenvalue weighted by Gasteiger charge is -2.40. The second kappa shape index (κ2) is 5.08. The lowest BCUT2D eigenvalue weighted by atomic mass is 9.93. The smallest absolute Gasteiger partial charge is 0.0742 e. The minimum Gasteiger partial charge on any atom is -0.393 e. The molecular weight excluding hydrogens is 192 g/mol. The van der Waals surface area contributed by atoms with Gasteiger partial charge in [-0.15, -0.1) is 0 Å². The zero-order valence-electron chi connectivity index (χ0n) is 9.49. The average Bonchev–Trinajstić information content (AvgIpc) is 2.08. The van der Waals surface area contributed by atoms with Gasteiger partial charge in [-0.05, 0) is 32.6 Å². The quantitative estimate of drug-likeness (QED) is 0.730. The topological polar surface area (TPSA) is 29.3 Å². The summed E-state index contributed by atoms with van der Waals surface area (Å²) >= 11 is 4.96. The van der Waals surface area contributed by atoms with Crippen LogP contribution in [0.4, 0.5) is 0 Å². The van der Waals surface area contributed by atoms with Crippen molar-refractivity contribution in [2.75, 3.05) is 6.54 Å². The van der Waals surface area contributed by atoms with E-state index in [0.717, 1.165) is 12.3 Å². The molecule has 2 nitrogen and oxygen atoms in total. The van der Waals surface area contributed by atoms with Crippen LogP contribution in [0.3, 0.4) is 0 Å². The number of thiocarbonyl (C=S) groups is 1. The molecule has 0 aliphatic carbocycles. The van der Waals surface area contributed by atoms with Gasteiger partial charge in [0.15, 0.2) is 0 Å². The maximum Gasteiger partial charge on any atom is 0.0742 e. The number of rotatable bonds is 3. The molecular formula is C11H22N2S. The van der Waals surface area contributed by atoms with Gasteiger partial charge in [-0.1, -0.05) is 19.1 Å². The first-order valence-corrected chi connectivity index (χ1v) is 5.95. The number of hydrogen-bond donors (Lipinski definition) is 1. The summed E-state index contributed by atoms with van der Waals surface area (Å²) in [5, 5.41) is 0. The molecule has 3 heteroatoms. The maximum absolute atomic E-state index is 5.58. The van der Waals surface area contributed by atoms with Gasteiger partial charge in [-0.25, -0.2) is 0 Å². The van der Waals surface area contributed by atoms with Crippen molar-refractivity contribution < 1.29 is 0 Å². The second-order valence-electron chi connectivity index (χ2n) is 4.75. The lowest BCUT2D eigenvalue weighted by Crippen LogP contribution is -2.47. The van der Waals surface area contributed by atoms with Crippen molar-refractivity contribution in [1.82, 2.24) is 4.90 Å². The molecule has 3 atom stereocenters. The standard InChI is InChI=1S/C11H22N2S/c1-8-4-5-9(2)13(7-8)10(3)6-11(12)14/h8-10H,4-7H2,1-3H3,(H2,12,14). The van der Waals surface area contributed by atoms with E-state index in [1.807, 2.05) is 0 Å². The number of nitrogens with zero attached hydrogens (tertiary/aromatic N) is 1. The average molecular weight is 214 g/mol. The van der Waals surface area contributed by atoms with E-state index in [1.165, 1.54) is 19.4 Å². The molecule has 1 rings (SSSR count). The highest BCUT2D eigenvalue weighted by molar-refractivity contribution is 7.80. The molecule has 14 heavy (non-hydrogen) atoms.